The highest BCUT2D eigenvalue weighted by Crippen LogP contribution is 2.41. The van der Waals surface area contributed by atoms with Gasteiger partial charge in [-0.3, -0.25) is 4.68 Å². The van der Waals surface area contributed by atoms with Crippen molar-refractivity contribution in [1.82, 2.24) is 15.1 Å². The van der Waals surface area contributed by atoms with Crippen LogP contribution in [0.2, 0.25) is 0 Å². The maximum absolute atomic E-state index is 5.40. The van der Waals surface area contributed by atoms with Gasteiger partial charge in [0, 0.05) is 25.5 Å². The van der Waals surface area contributed by atoms with E-state index >= 15 is 0 Å². The maximum Gasteiger partial charge on any atom is 0.231 e. The first-order valence-corrected chi connectivity index (χ1v) is 6.51. The van der Waals surface area contributed by atoms with Crippen LogP contribution < -0.4 is 19.5 Å². The third-order valence-electron chi connectivity index (χ3n) is 3.12. The van der Waals surface area contributed by atoms with Crippen LogP contribution in [0.3, 0.4) is 0 Å². The van der Waals surface area contributed by atoms with Gasteiger partial charge in [-0.05, 0) is 23.8 Å². The van der Waals surface area contributed by atoms with Crippen molar-refractivity contribution in [2.75, 3.05) is 20.4 Å². The van der Waals surface area contributed by atoms with Crippen LogP contribution >= 0.6 is 0 Å². The topological polar surface area (TPSA) is 57.5 Å². The van der Waals surface area contributed by atoms with Gasteiger partial charge in [-0.15, -0.1) is 0 Å². The molecule has 0 atom stereocenters. The number of nitrogens with zero attached hydrogens (tertiary/aromatic N) is 2. The Kier molecular flexibility index (Phi) is 3.73. The molecule has 1 aromatic heterocycles. The predicted octanol–water partition coefficient (Wildman–Crippen LogP) is 1.41. The molecule has 0 saturated heterocycles. The van der Waals surface area contributed by atoms with Gasteiger partial charge in [0.1, 0.15) is 0 Å². The van der Waals surface area contributed by atoms with Crippen LogP contribution in [0.4, 0.5) is 0 Å². The normalized spacial score (nSPS) is 12.7. The van der Waals surface area contributed by atoms with E-state index in [9.17, 15) is 0 Å². The van der Waals surface area contributed by atoms with Gasteiger partial charge in [0.2, 0.25) is 12.5 Å². The van der Waals surface area contributed by atoms with Gasteiger partial charge in [-0.2, -0.15) is 5.10 Å². The minimum Gasteiger partial charge on any atom is -0.493 e. The average molecular weight is 275 g/mol. The molecule has 2 heterocycles. The van der Waals surface area contributed by atoms with E-state index in [1.165, 1.54) is 0 Å². The summed E-state index contributed by atoms with van der Waals surface area (Å²) in [6.45, 7) is 2.68. The number of aromatic nitrogens is 2. The Balaban J connectivity index is 1.57. The van der Waals surface area contributed by atoms with Gasteiger partial charge >= 0.3 is 0 Å². The number of nitrogens with one attached hydrogen (secondary N) is 1. The van der Waals surface area contributed by atoms with E-state index in [1.54, 1.807) is 13.3 Å². The van der Waals surface area contributed by atoms with E-state index in [4.69, 9.17) is 14.2 Å². The molecule has 0 unspecified atom stereocenters. The van der Waals surface area contributed by atoms with Crippen LogP contribution in [0.5, 0.6) is 17.2 Å². The Morgan fingerprint density at radius 2 is 2.35 bits per heavy atom. The summed E-state index contributed by atoms with van der Waals surface area (Å²) in [6, 6.07) is 5.86. The van der Waals surface area contributed by atoms with E-state index in [2.05, 4.69) is 10.4 Å². The van der Waals surface area contributed by atoms with Gasteiger partial charge < -0.3 is 19.5 Å². The smallest absolute Gasteiger partial charge is 0.231 e. The minimum atomic E-state index is 0.252. The second-order valence-electron chi connectivity index (χ2n) is 4.48. The number of ether oxygens (including phenoxy) is 3. The fourth-order valence-electron chi connectivity index (χ4n) is 2.15. The highest BCUT2D eigenvalue weighted by atomic mass is 16.7. The number of benzene rings is 1. The zero-order valence-electron chi connectivity index (χ0n) is 11.3. The summed E-state index contributed by atoms with van der Waals surface area (Å²) >= 11 is 0. The van der Waals surface area contributed by atoms with E-state index in [1.807, 2.05) is 29.1 Å². The SMILES string of the molecule is COc1cc(CNCCn2cccn2)cc2c1OCO2. The highest BCUT2D eigenvalue weighted by Gasteiger charge is 2.19. The number of hydrogen-bond acceptors (Lipinski definition) is 5. The molecule has 0 saturated carbocycles. The number of rotatable bonds is 6. The first kappa shape index (κ1) is 12.8. The number of fused-ring (bicyclic) bond motifs is 1. The van der Waals surface area contributed by atoms with Crippen molar-refractivity contribution in [2.45, 2.75) is 13.1 Å². The molecular weight excluding hydrogens is 258 g/mol. The summed E-state index contributed by atoms with van der Waals surface area (Å²) in [5, 5.41) is 7.53. The third-order valence-corrected chi connectivity index (χ3v) is 3.12. The van der Waals surface area contributed by atoms with Crippen molar-refractivity contribution in [3.05, 3.63) is 36.2 Å². The fraction of sp³-hybridized carbons (Fsp3) is 0.357. The molecule has 0 amide bonds. The second kappa shape index (κ2) is 5.83. The minimum absolute atomic E-state index is 0.252. The third kappa shape index (κ3) is 2.70. The molecule has 0 aliphatic carbocycles. The lowest BCUT2D eigenvalue weighted by molar-refractivity contribution is 0.171. The Hall–Kier alpha value is -2.21. The van der Waals surface area contributed by atoms with Gasteiger partial charge in [0.25, 0.3) is 0 Å². The molecule has 2 aromatic rings. The quantitative estimate of drug-likeness (QED) is 0.808. The molecule has 20 heavy (non-hydrogen) atoms. The van der Waals surface area contributed by atoms with Crippen molar-refractivity contribution >= 4 is 0 Å². The van der Waals surface area contributed by atoms with Crippen LogP contribution in [-0.2, 0) is 13.1 Å². The van der Waals surface area contributed by atoms with Crippen LogP contribution in [0.15, 0.2) is 30.6 Å². The highest BCUT2D eigenvalue weighted by molar-refractivity contribution is 5.55. The summed E-state index contributed by atoms with van der Waals surface area (Å²) in [5.41, 5.74) is 1.10. The molecule has 0 radical (unpaired) electrons. The van der Waals surface area contributed by atoms with Gasteiger partial charge in [0.15, 0.2) is 11.5 Å². The van der Waals surface area contributed by atoms with Gasteiger partial charge in [-0.25, -0.2) is 0 Å². The summed E-state index contributed by atoms with van der Waals surface area (Å²) in [4.78, 5) is 0. The predicted molar refractivity (Wildman–Crippen MR) is 73.1 cm³/mol. The lowest BCUT2D eigenvalue weighted by atomic mass is 10.2. The Bertz CT molecular complexity index is 569. The van der Waals surface area contributed by atoms with Gasteiger partial charge in [0.05, 0.1) is 13.7 Å². The summed E-state index contributed by atoms with van der Waals surface area (Å²) in [6.07, 6.45) is 3.73. The molecule has 106 valence electrons. The summed E-state index contributed by atoms with van der Waals surface area (Å²) in [5.74, 6) is 2.14. The molecular formula is C14H17N3O3. The Morgan fingerprint density at radius 1 is 1.40 bits per heavy atom. The molecule has 6 heteroatoms. The van der Waals surface area contributed by atoms with Crippen LogP contribution in [0.1, 0.15) is 5.56 Å². The van der Waals surface area contributed by atoms with Crippen molar-refractivity contribution in [2.24, 2.45) is 0 Å². The lowest BCUT2D eigenvalue weighted by Crippen LogP contribution is -2.19. The first-order chi connectivity index (χ1) is 9.86. The Morgan fingerprint density at radius 3 is 3.15 bits per heavy atom. The molecule has 1 N–H and O–H groups in total. The molecule has 0 fully saturated rings. The zero-order valence-corrected chi connectivity index (χ0v) is 11.3. The van der Waals surface area contributed by atoms with E-state index in [0.717, 1.165) is 30.9 Å². The van der Waals surface area contributed by atoms with Gasteiger partial charge in [-0.1, -0.05) is 0 Å². The maximum atomic E-state index is 5.40. The largest absolute Gasteiger partial charge is 0.493 e. The Labute approximate surface area is 117 Å². The van der Waals surface area contributed by atoms with E-state index in [0.29, 0.717) is 11.5 Å². The van der Waals surface area contributed by atoms with Crippen molar-refractivity contribution in [1.29, 1.82) is 0 Å². The molecule has 6 nitrogen and oxygen atoms in total. The average Bonchev–Trinajstić information content (AvgIpc) is 3.13. The monoisotopic (exact) mass is 275 g/mol. The van der Waals surface area contributed by atoms with Crippen LogP contribution in [-0.4, -0.2) is 30.2 Å². The first-order valence-electron chi connectivity index (χ1n) is 6.51. The molecule has 1 aliphatic heterocycles. The second-order valence-corrected chi connectivity index (χ2v) is 4.48. The number of methoxy groups -OCH3 is 1. The lowest BCUT2D eigenvalue weighted by Gasteiger charge is -2.09. The van der Waals surface area contributed by atoms with Crippen molar-refractivity contribution in [3.8, 4) is 17.2 Å². The molecule has 1 aromatic carbocycles. The molecule has 1 aliphatic rings. The summed E-state index contributed by atoms with van der Waals surface area (Å²) < 4.78 is 18.0. The number of hydrogen-bond donors (Lipinski definition) is 1. The van der Waals surface area contributed by atoms with Crippen LogP contribution in [0, 0.1) is 0 Å². The van der Waals surface area contributed by atoms with Crippen molar-refractivity contribution < 1.29 is 14.2 Å². The van der Waals surface area contributed by atoms with Crippen LogP contribution in [0.25, 0.3) is 0 Å². The van der Waals surface area contributed by atoms with E-state index < -0.39 is 0 Å². The standard InChI is InChI=1S/C14H17N3O3/c1-18-12-7-11(8-13-14(12)20-10-19-13)9-15-4-6-17-5-2-3-16-17/h2-3,5,7-8,15H,4,6,9-10H2,1H3. The van der Waals surface area contributed by atoms with Crippen molar-refractivity contribution in [3.63, 3.8) is 0 Å². The summed E-state index contributed by atoms with van der Waals surface area (Å²) in [7, 11) is 1.63. The van der Waals surface area contributed by atoms with E-state index in [-0.39, 0.29) is 6.79 Å². The molecule has 0 bridgehead atoms. The molecule has 0 spiro atoms. The zero-order chi connectivity index (χ0) is 13.8. The molecule has 3 rings (SSSR count). The fourth-order valence-corrected chi connectivity index (χ4v) is 2.15.